The number of rotatable bonds is 9. The van der Waals surface area contributed by atoms with Crippen molar-refractivity contribution in [3.63, 3.8) is 0 Å². The lowest BCUT2D eigenvalue weighted by Gasteiger charge is -2.41. The first kappa shape index (κ1) is 30.9. The zero-order valence-corrected chi connectivity index (χ0v) is 27.4. The highest BCUT2D eigenvalue weighted by Crippen LogP contribution is 2.69. The summed E-state index contributed by atoms with van der Waals surface area (Å²) in [5.74, 6) is 3.23. The van der Waals surface area contributed by atoms with Gasteiger partial charge in [0.2, 0.25) is 0 Å². The van der Waals surface area contributed by atoms with Crippen LogP contribution in [0.15, 0.2) is 152 Å². The summed E-state index contributed by atoms with van der Waals surface area (Å²) >= 11 is 0. The summed E-state index contributed by atoms with van der Waals surface area (Å²) in [7, 11) is -3.75. The van der Waals surface area contributed by atoms with Crippen LogP contribution in [0.5, 0.6) is 28.7 Å². The van der Waals surface area contributed by atoms with Gasteiger partial charge in [-0.1, -0.05) is 66.7 Å². The van der Waals surface area contributed by atoms with Crippen molar-refractivity contribution < 1.29 is 18.6 Å². The summed E-state index contributed by atoms with van der Waals surface area (Å²) in [6.45, 7) is 6.00. The molecule has 1 aliphatic rings. The molecule has 7 rings (SSSR count). The lowest BCUT2D eigenvalue weighted by atomic mass is 9.90. The largest absolute Gasteiger partial charge is 0.457 e. The first-order valence-electron chi connectivity index (χ1n) is 15.7. The second-order valence-electron chi connectivity index (χ2n) is 11.9. The van der Waals surface area contributed by atoms with Gasteiger partial charge in [0.25, 0.3) is 7.37 Å². The Morgan fingerprint density at radius 2 is 1.23 bits per heavy atom. The van der Waals surface area contributed by atoms with Crippen molar-refractivity contribution in [2.24, 2.45) is 0 Å². The third-order valence-corrected chi connectivity index (χ3v) is 12.0. The molecule has 0 saturated heterocycles. The first-order chi connectivity index (χ1) is 23.3. The molecule has 2 unspecified atom stereocenters. The maximum absolute atomic E-state index is 16.0. The SMILES string of the molecule is C=CCc1cc(C(C)(c2ccc(Oc3ccc(N)cc3)cc2)P2(=O)Oc3ccccc3-c3ccccc32)ccc1Oc1ccc(N)cc1. The highest BCUT2D eigenvalue weighted by Gasteiger charge is 2.53. The third kappa shape index (κ3) is 5.51. The summed E-state index contributed by atoms with van der Waals surface area (Å²) in [6, 6.07) is 43.8. The minimum absolute atomic E-state index is 0.535. The predicted octanol–water partition coefficient (Wildman–Crippen LogP) is 10.1. The van der Waals surface area contributed by atoms with E-state index in [1.165, 1.54) is 0 Å². The van der Waals surface area contributed by atoms with Crippen molar-refractivity contribution in [1.82, 2.24) is 0 Å². The molecule has 6 aromatic carbocycles. The van der Waals surface area contributed by atoms with Gasteiger partial charge in [-0.15, -0.1) is 6.58 Å². The second-order valence-corrected chi connectivity index (χ2v) is 14.6. The smallest absolute Gasteiger partial charge is 0.292 e. The van der Waals surface area contributed by atoms with Gasteiger partial charge in [-0.2, -0.15) is 0 Å². The predicted molar refractivity (Wildman–Crippen MR) is 195 cm³/mol. The van der Waals surface area contributed by atoms with Crippen LogP contribution in [0.25, 0.3) is 11.1 Å². The van der Waals surface area contributed by atoms with Crippen LogP contribution in [0.4, 0.5) is 11.4 Å². The maximum atomic E-state index is 16.0. The monoisotopic (exact) mass is 650 g/mol. The molecule has 4 N–H and O–H groups in total. The van der Waals surface area contributed by atoms with E-state index in [2.05, 4.69) is 12.6 Å². The lowest BCUT2D eigenvalue weighted by molar-refractivity contribution is 0.460. The van der Waals surface area contributed by atoms with Gasteiger partial charge in [0.05, 0.1) is 5.30 Å². The van der Waals surface area contributed by atoms with Crippen molar-refractivity contribution in [3.05, 3.63) is 169 Å². The lowest BCUT2D eigenvalue weighted by Crippen LogP contribution is -2.34. The molecule has 0 aliphatic carbocycles. The van der Waals surface area contributed by atoms with Crippen LogP contribution in [0.3, 0.4) is 0 Å². The average molecular weight is 651 g/mol. The molecular weight excluding hydrogens is 615 g/mol. The van der Waals surface area contributed by atoms with Crippen molar-refractivity contribution in [2.45, 2.75) is 18.5 Å². The van der Waals surface area contributed by atoms with Gasteiger partial charge in [0.15, 0.2) is 0 Å². The number of nitrogen functional groups attached to an aromatic ring is 2. The molecule has 0 radical (unpaired) electrons. The fraction of sp³-hybridized carbons (Fsp3) is 0.0732. The van der Waals surface area contributed by atoms with Crippen LogP contribution in [-0.4, -0.2) is 0 Å². The Morgan fingerprint density at radius 3 is 1.88 bits per heavy atom. The number of benzene rings is 6. The van der Waals surface area contributed by atoms with E-state index in [0.717, 1.165) is 27.8 Å². The quantitative estimate of drug-likeness (QED) is 0.0918. The highest BCUT2D eigenvalue weighted by atomic mass is 31.2. The molecule has 6 aromatic rings. The van der Waals surface area contributed by atoms with E-state index in [9.17, 15) is 0 Å². The van der Waals surface area contributed by atoms with Crippen LogP contribution in [0, 0.1) is 0 Å². The van der Waals surface area contributed by atoms with Crippen LogP contribution < -0.4 is 30.8 Å². The van der Waals surface area contributed by atoms with Crippen molar-refractivity contribution >= 4 is 24.0 Å². The summed E-state index contributed by atoms with van der Waals surface area (Å²) in [5, 5.41) is -0.465. The molecule has 6 nitrogen and oxygen atoms in total. The van der Waals surface area contributed by atoms with Gasteiger partial charge in [-0.3, -0.25) is 4.57 Å². The topological polar surface area (TPSA) is 96.8 Å². The number of hydrogen-bond donors (Lipinski definition) is 2. The summed E-state index contributed by atoms with van der Waals surface area (Å²) < 4.78 is 35.2. The zero-order valence-electron chi connectivity index (χ0n) is 26.5. The Kier molecular flexibility index (Phi) is 8.04. The standard InChI is InChI=1S/C41H35N2O4P/c1-3-8-28-27-30(15-26-38(28)46-35-24-18-32(43)19-25-35)41(2,29-13-20-33(21-14-29)45-34-22-16-31(42)17-23-34)48(44)40-12-7-5-10-37(40)36-9-4-6-11-39(36)47-48/h3-7,9-27H,1,8,42-43H2,2H3. The first-order valence-corrected chi connectivity index (χ1v) is 17.3. The average Bonchev–Trinajstić information content (AvgIpc) is 3.11. The fourth-order valence-corrected chi connectivity index (χ4v) is 9.19. The molecule has 48 heavy (non-hydrogen) atoms. The third-order valence-electron chi connectivity index (χ3n) is 8.84. The van der Waals surface area contributed by atoms with Crippen LogP contribution in [0.1, 0.15) is 23.6 Å². The Bertz CT molecular complexity index is 2160. The molecule has 7 heteroatoms. The molecule has 0 aromatic heterocycles. The van der Waals surface area contributed by atoms with Gasteiger partial charge < -0.3 is 25.5 Å². The number of anilines is 2. The number of nitrogens with two attached hydrogens (primary N) is 2. The number of hydrogen-bond acceptors (Lipinski definition) is 6. The summed E-state index contributed by atoms with van der Waals surface area (Å²) in [5.41, 5.74) is 17.4. The minimum Gasteiger partial charge on any atom is -0.457 e. The van der Waals surface area contributed by atoms with Gasteiger partial charge in [-0.05, 0) is 114 Å². The summed E-state index contributed by atoms with van der Waals surface area (Å²) in [6.07, 6.45) is 2.37. The van der Waals surface area contributed by atoms with Crippen molar-refractivity contribution in [3.8, 4) is 39.9 Å². The molecule has 0 spiro atoms. The van der Waals surface area contributed by atoms with E-state index in [1.54, 1.807) is 24.3 Å². The van der Waals surface area contributed by atoms with E-state index in [4.69, 9.17) is 25.5 Å². The van der Waals surface area contributed by atoms with Crippen LogP contribution >= 0.6 is 7.37 Å². The Hall–Kier alpha value is -5.71. The zero-order chi connectivity index (χ0) is 33.3. The molecule has 0 fully saturated rings. The Balaban J connectivity index is 1.38. The van der Waals surface area contributed by atoms with Gasteiger partial charge in [-0.25, -0.2) is 0 Å². The molecule has 0 amide bonds. The molecule has 2 atom stereocenters. The van der Waals surface area contributed by atoms with Gasteiger partial charge in [0.1, 0.15) is 33.9 Å². The van der Waals surface area contributed by atoms with E-state index in [-0.39, 0.29) is 0 Å². The molecule has 1 heterocycles. The fourth-order valence-electron chi connectivity index (χ4n) is 6.23. The number of allylic oxidation sites excluding steroid dienone is 1. The van der Waals surface area contributed by atoms with Gasteiger partial charge in [0, 0.05) is 16.9 Å². The number of ether oxygens (including phenoxy) is 2. The minimum atomic E-state index is -3.75. The maximum Gasteiger partial charge on any atom is 0.292 e. The number of para-hydroxylation sites is 1. The van der Waals surface area contributed by atoms with E-state index >= 15 is 4.57 Å². The molecule has 238 valence electrons. The molecule has 0 saturated carbocycles. The van der Waals surface area contributed by atoms with E-state index < -0.39 is 12.5 Å². The summed E-state index contributed by atoms with van der Waals surface area (Å²) in [4.78, 5) is 0. The van der Waals surface area contributed by atoms with E-state index in [0.29, 0.717) is 51.8 Å². The Labute approximate surface area is 280 Å². The van der Waals surface area contributed by atoms with Crippen molar-refractivity contribution in [2.75, 3.05) is 11.5 Å². The highest BCUT2D eigenvalue weighted by molar-refractivity contribution is 7.69. The van der Waals surface area contributed by atoms with Crippen LogP contribution in [-0.2, 0) is 16.1 Å². The van der Waals surface area contributed by atoms with E-state index in [1.807, 2.05) is 122 Å². The molecule has 1 aliphatic heterocycles. The Morgan fingerprint density at radius 1 is 0.688 bits per heavy atom. The molecule has 0 bridgehead atoms. The number of fused-ring (bicyclic) bond motifs is 3. The van der Waals surface area contributed by atoms with Gasteiger partial charge >= 0.3 is 0 Å². The second kappa shape index (κ2) is 12.5. The normalized spacial score (nSPS) is 16.0. The molecular formula is C41H35N2O4P. The van der Waals surface area contributed by atoms with Crippen molar-refractivity contribution in [1.29, 1.82) is 0 Å². The van der Waals surface area contributed by atoms with Crippen LogP contribution in [0.2, 0.25) is 0 Å².